The lowest BCUT2D eigenvalue weighted by molar-refractivity contribution is -0.111. The minimum absolute atomic E-state index is 0.00215. The highest BCUT2D eigenvalue weighted by Gasteiger charge is 2.22. The zero-order valence-corrected chi connectivity index (χ0v) is 14.3. The Morgan fingerprint density at radius 2 is 1.54 bits per heavy atom. The van der Waals surface area contributed by atoms with Gasteiger partial charge in [-0.15, -0.1) is 0 Å². The molecule has 0 bridgehead atoms. The fourth-order valence-corrected chi connectivity index (χ4v) is 2.74. The average Bonchev–Trinajstić information content (AvgIpc) is 2.66. The topological polar surface area (TPSA) is 88.7 Å². The Morgan fingerprint density at radius 1 is 0.962 bits per heavy atom. The molecule has 1 aromatic heterocycles. The number of fused-ring (bicyclic) bond motifs is 1. The van der Waals surface area contributed by atoms with Crippen LogP contribution in [0, 0.1) is 0 Å². The highest BCUT2D eigenvalue weighted by atomic mass is 16.3. The molecule has 0 spiro atoms. The fourth-order valence-electron chi connectivity index (χ4n) is 2.74. The first-order valence-corrected chi connectivity index (χ1v) is 7.92. The van der Waals surface area contributed by atoms with Gasteiger partial charge in [0.25, 0.3) is 11.5 Å². The van der Waals surface area contributed by atoms with Gasteiger partial charge in [0.2, 0.25) is 5.88 Å². The van der Waals surface area contributed by atoms with E-state index in [0.29, 0.717) is 16.3 Å². The molecule has 0 aliphatic rings. The van der Waals surface area contributed by atoms with Gasteiger partial charge in [0.15, 0.2) is 5.78 Å². The standard InChI is InChI=1S/C20H16N2O4/c1-12(23)17(21-18(24)13-8-4-3-5-9-13)16-14-10-6-7-11-15(14)19(25)22(2)20(16)26/h3-11,25H,1-2H3. The van der Waals surface area contributed by atoms with Crippen LogP contribution in [0.1, 0.15) is 22.8 Å². The molecule has 0 radical (unpaired) electrons. The minimum atomic E-state index is -0.616. The Kier molecular flexibility index (Phi) is 4.49. The zero-order chi connectivity index (χ0) is 18.8. The van der Waals surface area contributed by atoms with E-state index in [1.807, 2.05) is 0 Å². The summed E-state index contributed by atoms with van der Waals surface area (Å²) in [6.07, 6.45) is 0. The van der Waals surface area contributed by atoms with Gasteiger partial charge >= 0.3 is 0 Å². The third-order valence-corrected chi connectivity index (χ3v) is 4.08. The van der Waals surface area contributed by atoms with Crippen molar-refractivity contribution in [2.24, 2.45) is 12.0 Å². The van der Waals surface area contributed by atoms with Crippen molar-refractivity contribution in [2.45, 2.75) is 6.92 Å². The van der Waals surface area contributed by atoms with Crippen molar-refractivity contribution in [3.63, 3.8) is 0 Å². The molecule has 1 heterocycles. The number of carbonyl (C=O) groups is 2. The van der Waals surface area contributed by atoms with E-state index in [1.54, 1.807) is 54.6 Å². The summed E-state index contributed by atoms with van der Waals surface area (Å²) in [5.41, 5.74) is -0.518. The summed E-state index contributed by atoms with van der Waals surface area (Å²) in [4.78, 5) is 41.3. The molecule has 0 unspecified atom stereocenters. The molecule has 0 fully saturated rings. The van der Waals surface area contributed by atoms with Crippen LogP contribution in [0.4, 0.5) is 0 Å². The maximum Gasteiger partial charge on any atom is 0.277 e. The van der Waals surface area contributed by atoms with Crippen molar-refractivity contribution >= 4 is 28.2 Å². The van der Waals surface area contributed by atoms with Crippen molar-refractivity contribution in [3.8, 4) is 5.88 Å². The number of aliphatic imine (C=N–C) groups is 1. The van der Waals surface area contributed by atoms with Gasteiger partial charge in [0.1, 0.15) is 5.71 Å². The van der Waals surface area contributed by atoms with Crippen molar-refractivity contribution in [3.05, 3.63) is 76.1 Å². The van der Waals surface area contributed by atoms with Crippen molar-refractivity contribution in [1.82, 2.24) is 4.57 Å². The van der Waals surface area contributed by atoms with Crippen molar-refractivity contribution in [1.29, 1.82) is 0 Å². The predicted octanol–water partition coefficient (Wildman–Crippen LogP) is 2.46. The van der Waals surface area contributed by atoms with Crippen molar-refractivity contribution in [2.75, 3.05) is 0 Å². The van der Waals surface area contributed by atoms with E-state index < -0.39 is 17.2 Å². The van der Waals surface area contributed by atoms with Crippen molar-refractivity contribution < 1.29 is 14.7 Å². The lowest BCUT2D eigenvalue weighted by Gasteiger charge is -2.12. The van der Waals surface area contributed by atoms with Crippen LogP contribution in [0.5, 0.6) is 5.88 Å². The van der Waals surface area contributed by atoms with Crippen LogP contribution >= 0.6 is 0 Å². The normalized spacial score (nSPS) is 11.5. The third kappa shape index (κ3) is 2.93. The van der Waals surface area contributed by atoms with E-state index in [2.05, 4.69) is 4.99 Å². The smallest absolute Gasteiger partial charge is 0.277 e. The monoisotopic (exact) mass is 348 g/mol. The second-order valence-corrected chi connectivity index (χ2v) is 5.80. The van der Waals surface area contributed by atoms with E-state index in [0.717, 1.165) is 4.57 Å². The van der Waals surface area contributed by atoms with Crippen LogP contribution in [0.2, 0.25) is 0 Å². The molecular formula is C20H16N2O4. The number of ketones is 1. The van der Waals surface area contributed by atoms with Crippen LogP contribution in [0.15, 0.2) is 64.4 Å². The number of benzene rings is 2. The first-order valence-electron chi connectivity index (χ1n) is 7.92. The molecule has 0 saturated carbocycles. The number of rotatable bonds is 3. The van der Waals surface area contributed by atoms with Gasteiger partial charge in [0.05, 0.1) is 5.56 Å². The molecule has 3 rings (SSSR count). The average molecular weight is 348 g/mol. The number of amides is 1. The Hall–Kier alpha value is -3.54. The fraction of sp³-hybridized carbons (Fsp3) is 0.100. The second-order valence-electron chi connectivity index (χ2n) is 5.80. The van der Waals surface area contributed by atoms with Crippen LogP contribution in [0.3, 0.4) is 0 Å². The number of aromatic nitrogens is 1. The molecule has 1 amide bonds. The highest BCUT2D eigenvalue weighted by Crippen LogP contribution is 2.25. The van der Waals surface area contributed by atoms with Crippen LogP contribution in [0.25, 0.3) is 10.8 Å². The number of hydrogen-bond acceptors (Lipinski definition) is 4. The molecule has 3 aromatic rings. The Balaban J connectivity index is 2.32. The van der Waals surface area contributed by atoms with E-state index >= 15 is 0 Å². The van der Waals surface area contributed by atoms with E-state index in [1.165, 1.54) is 14.0 Å². The molecule has 0 aliphatic carbocycles. The maximum atomic E-state index is 12.7. The molecule has 1 N–H and O–H groups in total. The van der Waals surface area contributed by atoms with Gasteiger partial charge in [-0.2, -0.15) is 0 Å². The van der Waals surface area contributed by atoms with Crippen LogP contribution < -0.4 is 5.56 Å². The van der Waals surface area contributed by atoms with Gasteiger partial charge in [-0.25, -0.2) is 4.99 Å². The van der Waals surface area contributed by atoms with Crippen LogP contribution in [-0.4, -0.2) is 27.1 Å². The quantitative estimate of drug-likeness (QED) is 0.737. The maximum absolute atomic E-state index is 12.7. The number of aromatic hydroxyl groups is 1. The Morgan fingerprint density at radius 3 is 2.15 bits per heavy atom. The zero-order valence-electron chi connectivity index (χ0n) is 14.3. The van der Waals surface area contributed by atoms with Gasteiger partial charge in [-0.3, -0.25) is 19.0 Å². The SMILES string of the molecule is CC(=O)C(=NC(=O)c1ccccc1)c1c(=O)n(C)c(O)c2ccccc12. The molecule has 6 heteroatoms. The summed E-state index contributed by atoms with van der Waals surface area (Å²) in [5, 5.41) is 11.0. The third-order valence-electron chi connectivity index (χ3n) is 4.08. The molecule has 26 heavy (non-hydrogen) atoms. The van der Waals surface area contributed by atoms with E-state index in [-0.39, 0.29) is 17.2 Å². The number of carbonyl (C=O) groups excluding carboxylic acids is 2. The Bertz CT molecular complexity index is 1110. The first-order chi connectivity index (χ1) is 12.4. The molecule has 0 saturated heterocycles. The lowest BCUT2D eigenvalue weighted by Crippen LogP contribution is -2.29. The predicted molar refractivity (Wildman–Crippen MR) is 98.8 cm³/mol. The first kappa shape index (κ1) is 17.3. The van der Waals surface area contributed by atoms with Gasteiger partial charge in [-0.05, 0) is 18.2 Å². The molecule has 0 atom stereocenters. The van der Waals surface area contributed by atoms with Gasteiger partial charge in [0, 0.05) is 30.3 Å². The number of hydrogen-bond donors (Lipinski definition) is 1. The summed E-state index contributed by atoms with van der Waals surface area (Å²) in [5.74, 6) is -1.34. The molecule has 130 valence electrons. The van der Waals surface area contributed by atoms with Gasteiger partial charge in [-0.1, -0.05) is 36.4 Å². The minimum Gasteiger partial charge on any atom is -0.494 e. The lowest BCUT2D eigenvalue weighted by atomic mass is 10.0. The molecular weight excluding hydrogens is 332 g/mol. The molecule has 2 aromatic carbocycles. The summed E-state index contributed by atoms with van der Waals surface area (Å²) in [6, 6.07) is 14.9. The van der Waals surface area contributed by atoms with E-state index in [4.69, 9.17) is 0 Å². The number of pyridine rings is 1. The molecule has 6 nitrogen and oxygen atoms in total. The second kappa shape index (κ2) is 6.76. The summed E-state index contributed by atoms with van der Waals surface area (Å²) < 4.78 is 1.03. The number of nitrogens with zero attached hydrogens (tertiary/aromatic N) is 2. The van der Waals surface area contributed by atoms with E-state index in [9.17, 15) is 19.5 Å². The van der Waals surface area contributed by atoms with Gasteiger partial charge < -0.3 is 5.11 Å². The highest BCUT2D eigenvalue weighted by molar-refractivity contribution is 6.49. The molecule has 0 aliphatic heterocycles. The van der Waals surface area contributed by atoms with Crippen LogP contribution in [-0.2, 0) is 11.8 Å². The Labute approximate surface area is 149 Å². The summed E-state index contributed by atoms with van der Waals surface area (Å²) in [6.45, 7) is 1.25. The number of Topliss-reactive ketones (excluding diaryl/α,β-unsaturated/α-hetero) is 1. The summed E-state index contributed by atoms with van der Waals surface area (Å²) >= 11 is 0. The largest absolute Gasteiger partial charge is 0.494 e. The summed E-state index contributed by atoms with van der Waals surface area (Å²) in [7, 11) is 1.39.